The van der Waals surface area contributed by atoms with E-state index in [1.54, 1.807) is 0 Å². The first-order valence-electron chi connectivity index (χ1n) is 14.7. The Morgan fingerprint density at radius 2 is 1.82 bits per heavy atom. The van der Waals surface area contributed by atoms with Crippen molar-refractivity contribution in [1.29, 1.82) is 0 Å². The van der Waals surface area contributed by atoms with Crippen molar-refractivity contribution in [2.24, 2.45) is 11.8 Å². The molecule has 1 saturated heterocycles. The third-order valence-electron chi connectivity index (χ3n) is 9.64. The van der Waals surface area contributed by atoms with Crippen LogP contribution in [-0.2, 0) is 14.9 Å². The molecule has 3 aliphatic rings. The lowest BCUT2D eigenvalue weighted by atomic mass is 9.56. The molecule has 210 valence electrons. The van der Waals surface area contributed by atoms with Crippen LogP contribution in [-0.4, -0.2) is 67.6 Å². The lowest BCUT2D eigenvalue weighted by molar-refractivity contribution is -0.131. The van der Waals surface area contributed by atoms with Crippen molar-refractivity contribution in [2.45, 2.75) is 56.6 Å². The summed E-state index contributed by atoms with van der Waals surface area (Å²) < 4.78 is 11.8. The minimum absolute atomic E-state index is 0.0185. The third kappa shape index (κ3) is 5.27. The second kappa shape index (κ2) is 11.0. The van der Waals surface area contributed by atoms with Crippen molar-refractivity contribution in [3.8, 4) is 5.75 Å². The molecular formula is C34H40N2O4. The fourth-order valence-corrected chi connectivity index (χ4v) is 7.34. The Morgan fingerprint density at radius 3 is 2.58 bits per heavy atom. The van der Waals surface area contributed by atoms with E-state index in [1.807, 2.05) is 67.6 Å². The van der Waals surface area contributed by atoms with E-state index in [4.69, 9.17) is 9.47 Å². The standard InChI is InChI=1S/C34H40N2O4/c1-23(37)40-30-10-6-9-28(18-30)34-15-16-36(21-24-11-12-24)22-31(34)32(39-3)19-29(20-34)35(2)33(38)27-14-13-25-7-4-5-8-26(25)17-27/h4-10,13-14,17-18,24,29,31-32H,11-12,15-16,19-22H2,1-3H3/t29-,31-,32?,34-/m0/s1. The van der Waals surface area contributed by atoms with E-state index >= 15 is 0 Å². The second-order valence-corrected chi connectivity index (χ2v) is 12.2. The molecule has 6 rings (SSSR count). The van der Waals surface area contributed by atoms with Gasteiger partial charge in [-0.3, -0.25) is 9.59 Å². The summed E-state index contributed by atoms with van der Waals surface area (Å²) in [7, 11) is 3.76. The van der Waals surface area contributed by atoms with Crippen LogP contribution in [0.15, 0.2) is 66.7 Å². The molecule has 40 heavy (non-hydrogen) atoms. The molecule has 0 aromatic heterocycles. The SMILES string of the molecule is COC1C[C@H](N(C)C(=O)c2ccc3ccccc3c2)C[C@]2(c3cccc(OC(C)=O)c3)CCN(CC3CC3)C[C@@H]12. The van der Waals surface area contributed by atoms with Crippen LogP contribution in [0.25, 0.3) is 10.8 Å². The van der Waals surface area contributed by atoms with Crippen LogP contribution < -0.4 is 4.74 Å². The van der Waals surface area contributed by atoms with Crippen molar-refractivity contribution in [2.75, 3.05) is 33.8 Å². The van der Waals surface area contributed by atoms with Crippen LogP contribution in [0.1, 0.15) is 54.9 Å². The van der Waals surface area contributed by atoms with Crippen molar-refractivity contribution in [3.63, 3.8) is 0 Å². The number of hydrogen-bond acceptors (Lipinski definition) is 5. The Kier molecular flexibility index (Phi) is 7.41. The van der Waals surface area contributed by atoms with Gasteiger partial charge in [0.25, 0.3) is 5.91 Å². The topological polar surface area (TPSA) is 59.1 Å². The molecular weight excluding hydrogens is 500 g/mol. The summed E-state index contributed by atoms with van der Waals surface area (Å²) in [5.41, 5.74) is 1.71. The number of likely N-dealkylation sites (tertiary alicyclic amines) is 1. The van der Waals surface area contributed by atoms with Gasteiger partial charge < -0.3 is 19.3 Å². The van der Waals surface area contributed by atoms with Crippen LogP contribution in [0.3, 0.4) is 0 Å². The van der Waals surface area contributed by atoms with Crippen molar-refractivity contribution in [3.05, 3.63) is 77.9 Å². The van der Waals surface area contributed by atoms with Crippen LogP contribution >= 0.6 is 0 Å². The van der Waals surface area contributed by atoms with Crippen molar-refractivity contribution >= 4 is 22.6 Å². The molecule has 1 aliphatic heterocycles. The van der Waals surface area contributed by atoms with E-state index in [-0.39, 0.29) is 35.4 Å². The number of amides is 1. The molecule has 0 N–H and O–H groups in total. The molecule has 6 heteroatoms. The fourth-order valence-electron chi connectivity index (χ4n) is 7.34. The van der Waals surface area contributed by atoms with Gasteiger partial charge in [-0.25, -0.2) is 0 Å². The Morgan fingerprint density at radius 1 is 1.02 bits per heavy atom. The summed E-state index contributed by atoms with van der Waals surface area (Å²) in [6.07, 6.45) is 5.35. The molecule has 0 radical (unpaired) electrons. The van der Waals surface area contributed by atoms with Gasteiger partial charge in [0.2, 0.25) is 0 Å². The summed E-state index contributed by atoms with van der Waals surface area (Å²) in [6.45, 7) is 4.62. The number of methoxy groups -OCH3 is 1. The molecule has 3 fully saturated rings. The first kappa shape index (κ1) is 27.0. The second-order valence-electron chi connectivity index (χ2n) is 12.2. The predicted molar refractivity (Wildman–Crippen MR) is 157 cm³/mol. The van der Waals surface area contributed by atoms with Crippen LogP contribution in [0.4, 0.5) is 0 Å². The summed E-state index contributed by atoms with van der Waals surface area (Å²) in [5.74, 6) is 1.43. The summed E-state index contributed by atoms with van der Waals surface area (Å²) in [5, 5.41) is 2.20. The lowest BCUT2D eigenvalue weighted by Gasteiger charge is -2.56. The highest BCUT2D eigenvalue weighted by Crippen LogP contribution is 2.51. The predicted octanol–water partition coefficient (Wildman–Crippen LogP) is 5.68. The number of benzene rings is 3. The molecule has 3 aromatic carbocycles. The largest absolute Gasteiger partial charge is 0.427 e. The first-order chi connectivity index (χ1) is 19.4. The van der Waals surface area contributed by atoms with Gasteiger partial charge in [-0.1, -0.05) is 42.5 Å². The fraction of sp³-hybridized carbons (Fsp3) is 0.471. The van der Waals surface area contributed by atoms with Crippen molar-refractivity contribution in [1.82, 2.24) is 9.80 Å². The van der Waals surface area contributed by atoms with Crippen LogP contribution in [0, 0.1) is 11.8 Å². The van der Waals surface area contributed by atoms with Gasteiger partial charge in [-0.05, 0) is 85.2 Å². The Hall–Kier alpha value is -3.22. The van der Waals surface area contributed by atoms with Gasteiger partial charge in [-0.15, -0.1) is 0 Å². The van der Waals surface area contributed by atoms with Crippen LogP contribution in [0.5, 0.6) is 5.75 Å². The lowest BCUT2D eigenvalue weighted by Crippen LogP contribution is -2.61. The van der Waals surface area contributed by atoms with Gasteiger partial charge in [-0.2, -0.15) is 0 Å². The Labute approximate surface area is 237 Å². The molecule has 2 saturated carbocycles. The number of hydrogen-bond donors (Lipinski definition) is 0. The number of rotatable bonds is 7. The van der Waals surface area contributed by atoms with E-state index in [1.165, 1.54) is 31.9 Å². The highest BCUT2D eigenvalue weighted by Gasteiger charge is 2.54. The average Bonchev–Trinajstić information content (AvgIpc) is 3.79. The number of nitrogens with zero attached hydrogens (tertiary/aromatic N) is 2. The number of piperidine rings is 1. The van der Waals surface area contributed by atoms with Crippen LogP contribution in [0.2, 0.25) is 0 Å². The Bertz CT molecular complexity index is 1400. The zero-order valence-electron chi connectivity index (χ0n) is 23.8. The number of carbonyl (C=O) groups excluding carboxylic acids is 2. The maximum absolute atomic E-state index is 13.9. The summed E-state index contributed by atoms with van der Waals surface area (Å²) >= 11 is 0. The summed E-state index contributed by atoms with van der Waals surface area (Å²) in [6, 6.07) is 22.2. The molecule has 6 nitrogen and oxygen atoms in total. The maximum atomic E-state index is 13.9. The Balaban J connectivity index is 1.33. The monoisotopic (exact) mass is 540 g/mol. The maximum Gasteiger partial charge on any atom is 0.308 e. The highest BCUT2D eigenvalue weighted by molar-refractivity contribution is 5.98. The van der Waals surface area contributed by atoms with Gasteiger partial charge in [0.15, 0.2) is 0 Å². The normalized spacial score (nSPS) is 26.7. The van der Waals surface area contributed by atoms with Gasteiger partial charge in [0, 0.05) is 57.1 Å². The molecule has 2 aliphatic carbocycles. The molecule has 4 atom stereocenters. The zero-order valence-corrected chi connectivity index (χ0v) is 23.8. The third-order valence-corrected chi connectivity index (χ3v) is 9.64. The average molecular weight is 541 g/mol. The van der Waals surface area contributed by atoms with E-state index in [9.17, 15) is 9.59 Å². The number of ether oxygens (including phenoxy) is 2. The van der Waals surface area contributed by atoms with Gasteiger partial charge >= 0.3 is 5.97 Å². The van der Waals surface area contributed by atoms with Gasteiger partial charge in [0.05, 0.1) is 6.10 Å². The first-order valence-corrected chi connectivity index (χ1v) is 14.7. The van der Waals surface area contributed by atoms with E-state index in [0.717, 1.165) is 49.0 Å². The van der Waals surface area contributed by atoms with E-state index < -0.39 is 0 Å². The molecule has 1 unspecified atom stereocenters. The smallest absolute Gasteiger partial charge is 0.308 e. The highest BCUT2D eigenvalue weighted by atomic mass is 16.5. The van der Waals surface area contributed by atoms with E-state index in [2.05, 4.69) is 23.1 Å². The molecule has 0 bridgehead atoms. The van der Waals surface area contributed by atoms with Crippen molar-refractivity contribution < 1.29 is 19.1 Å². The quantitative estimate of drug-likeness (QED) is 0.285. The molecule has 3 aromatic rings. The van der Waals surface area contributed by atoms with E-state index in [0.29, 0.717) is 11.3 Å². The number of carbonyl (C=O) groups is 2. The minimum Gasteiger partial charge on any atom is -0.427 e. The number of fused-ring (bicyclic) bond motifs is 2. The number of esters is 1. The molecule has 0 spiro atoms. The summed E-state index contributed by atoms with van der Waals surface area (Å²) in [4.78, 5) is 30.2. The van der Waals surface area contributed by atoms with Gasteiger partial charge in [0.1, 0.15) is 5.75 Å². The minimum atomic E-state index is -0.317. The zero-order chi connectivity index (χ0) is 27.9. The molecule has 1 heterocycles. The molecule has 1 amide bonds.